The Balaban J connectivity index is 2.11. The predicted octanol–water partition coefficient (Wildman–Crippen LogP) is 1.49. The molecule has 0 saturated carbocycles. The van der Waals surface area contributed by atoms with Gasteiger partial charge in [0.05, 0.1) is 6.61 Å². The summed E-state index contributed by atoms with van der Waals surface area (Å²) in [5, 5.41) is 3.61. The second kappa shape index (κ2) is 8.08. The molecule has 0 spiro atoms. The van der Waals surface area contributed by atoms with Crippen molar-refractivity contribution < 1.29 is 4.74 Å². The number of hydrogen-bond donors (Lipinski definition) is 1. The first kappa shape index (κ1) is 12.9. The molecule has 0 radical (unpaired) electrons. The molecule has 1 saturated heterocycles. The molecule has 1 atom stereocenters. The van der Waals surface area contributed by atoms with Crippen LogP contribution in [-0.2, 0) is 4.74 Å². The van der Waals surface area contributed by atoms with Crippen LogP contribution in [0.1, 0.15) is 33.1 Å². The maximum atomic E-state index is 5.39. The van der Waals surface area contributed by atoms with Crippen LogP contribution in [0.4, 0.5) is 0 Å². The topological polar surface area (TPSA) is 24.5 Å². The first-order valence-corrected chi connectivity index (χ1v) is 6.40. The Bertz CT molecular complexity index is 153. The van der Waals surface area contributed by atoms with E-state index in [-0.39, 0.29) is 0 Å². The lowest BCUT2D eigenvalue weighted by molar-refractivity contribution is 0.0974. The van der Waals surface area contributed by atoms with Gasteiger partial charge in [-0.3, -0.25) is 4.90 Å². The van der Waals surface area contributed by atoms with Crippen LogP contribution in [0.25, 0.3) is 0 Å². The average Bonchev–Trinajstić information content (AvgIpc) is 2.27. The van der Waals surface area contributed by atoms with E-state index in [9.17, 15) is 0 Å². The molecule has 1 heterocycles. The molecule has 90 valence electrons. The second-order valence-corrected chi connectivity index (χ2v) is 4.29. The van der Waals surface area contributed by atoms with E-state index in [1.807, 2.05) is 0 Å². The van der Waals surface area contributed by atoms with Crippen LogP contribution in [0, 0.1) is 0 Å². The van der Waals surface area contributed by atoms with Gasteiger partial charge < -0.3 is 10.1 Å². The third kappa shape index (κ3) is 5.50. The normalized spacial score (nSPS) is 23.2. The third-order valence-corrected chi connectivity index (χ3v) is 2.94. The second-order valence-electron chi connectivity index (χ2n) is 4.29. The maximum absolute atomic E-state index is 5.39. The highest BCUT2D eigenvalue weighted by atomic mass is 16.5. The van der Waals surface area contributed by atoms with Gasteiger partial charge in [-0.15, -0.1) is 0 Å². The van der Waals surface area contributed by atoms with Crippen molar-refractivity contribution in [3.8, 4) is 0 Å². The van der Waals surface area contributed by atoms with Crippen LogP contribution in [0.3, 0.4) is 0 Å². The number of piperidine rings is 1. The lowest BCUT2D eigenvalue weighted by Crippen LogP contribution is -2.46. The van der Waals surface area contributed by atoms with Gasteiger partial charge in [0.25, 0.3) is 0 Å². The molecule has 1 rings (SSSR count). The van der Waals surface area contributed by atoms with Gasteiger partial charge in [-0.25, -0.2) is 0 Å². The number of hydrogen-bond acceptors (Lipinski definition) is 3. The fraction of sp³-hybridized carbons (Fsp3) is 1.00. The van der Waals surface area contributed by atoms with Gasteiger partial charge in [0, 0.05) is 25.7 Å². The fourth-order valence-electron chi connectivity index (χ4n) is 2.11. The molecule has 1 fully saturated rings. The van der Waals surface area contributed by atoms with Crippen LogP contribution in [-0.4, -0.2) is 50.3 Å². The van der Waals surface area contributed by atoms with Crippen molar-refractivity contribution in [2.45, 2.75) is 39.2 Å². The Morgan fingerprint density at radius 1 is 1.40 bits per heavy atom. The summed E-state index contributed by atoms with van der Waals surface area (Å²) < 4.78 is 5.39. The number of ether oxygens (including phenoxy) is 1. The van der Waals surface area contributed by atoms with Gasteiger partial charge in [-0.2, -0.15) is 0 Å². The van der Waals surface area contributed by atoms with Crippen molar-refractivity contribution in [3.05, 3.63) is 0 Å². The zero-order chi connectivity index (χ0) is 10.9. The van der Waals surface area contributed by atoms with E-state index in [0.29, 0.717) is 6.04 Å². The zero-order valence-electron chi connectivity index (χ0n) is 10.3. The Morgan fingerprint density at radius 3 is 3.00 bits per heavy atom. The summed E-state index contributed by atoms with van der Waals surface area (Å²) >= 11 is 0. The first-order valence-electron chi connectivity index (χ1n) is 6.40. The van der Waals surface area contributed by atoms with Crippen LogP contribution < -0.4 is 5.32 Å². The van der Waals surface area contributed by atoms with E-state index in [2.05, 4.69) is 24.1 Å². The van der Waals surface area contributed by atoms with E-state index < -0.39 is 0 Å². The highest BCUT2D eigenvalue weighted by Gasteiger charge is 2.18. The van der Waals surface area contributed by atoms with Crippen LogP contribution in [0.5, 0.6) is 0 Å². The highest BCUT2D eigenvalue weighted by Crippen LogP contribution is 2.09. The van der Waals surface area contributed by atoms with Crippen LogP contribution >= 0.6 is 0 Å². The molecule has 0 bridgehead atoms. The minimum atomic E-state index is 0.709. The van der Waals surface area contributed by atoms with Crippen molar-refractivity contribution in [2.75, 3.05) is 39.4 Å². The molecule has 3 heteroatoms. The monoisotopic (exact) mass is 214 g/mol. The van der Waals surface area contributed by atoms with Crippen molar-refractivity contribution in [2.24, 2.45) is 0 Å². The van der Waals surface area contributed by atoms with Crippen molar-refractivity contribution >= 4 is 0 Å². The molecule has 0 aromatic rings. The minimum Gasteiger partial charge on any atom is -0.380 e. The standard InChI is InChI=1S/C12H26N2O/c1-3-7-13-12-6-5-8-14(11-12)9-10-15-4-2/h12-13H,3-11H2,1-2H3. The lowest BCUT2D eigenvalue weighted by Gasteiger charge is -2.33. The predicted molar refractivity (Wildman–Crippen MR) is 64.2 cm³/mol. The van der Waals surface area contributed by atoms with Gasteiger partial charge in [-0.05, 0) is 39.3 Å². The number of likely N-dealkylation sites (tertiary alicyclic amines) is 1. The number of rotatable bonds is 7. The molecule has 15 heavy (non-hydrogen) atoms. The van der Waals surface area contributed by atoms with Crippen molar-refractivity contribution in [3.63, 3.8) is 0 Å². The summed E-state index contributed by atoms with van der Waals surface area (Å²) in [5.74, 6) is 0. The largest absolute Gasteiger partial charge is 0.380 e. The van der Waals surface area contributed by atoms with Gasteiger partial charge in [0.15, 0.2) is 0 Å². The van der Waals surface area contributed by atoms with Gasteiger partial charge in [-0.1, -0.05) is 6.92 Å². The third-order valence-electron chi connectivity index (χ3n) is 2.94. The summed E-state index contributed by atoms with van der Waals surface area (Å²) in [7, 11) is 0. The van der Waals surface area contributed by atoms with Crippen LogP contribution in [0.2, 0.25) is 0 Å². The molecule has 1 aliphatic heterocycles. The zero-order valence-corrected chi connectivity index (χ0v) is 10.3. The maximum Gasteiger partial charge on any atom is 0.0593 e. The molecule has 3 nitrogen and oxygen atoms in total. The van der Waals surface area contributed by atoms with Crippen molar-refractivity contribution in [1.29, 1.82) is 0 Å². The quantitative estimate of drug-likeness (QED) is 0.650. The van der Waals surface area contributed by atoms with E-state index in [0.717, 1.165) is 26.3 Å². The number of nitrogens with one attached hydrogen (secondary N) is 1. The summed E-state index contributed by atoms with van der Waals surface area (Å²) in [5.41, 5.74) is 0. The van der Waals surface area contributed by atoms with E-state index >= 15 is 0 Å². The number of nitrogens with zero attached hydrogens (tertiary/aromatic N) is 1. The van der Waals surface area contributed by atoms with Crippen molar-refractivity contribution in [1.82, 2.24) is 10.2 Å². The minimum absolute atomic E-state index is 0.709. The molecule has 0 amide bonds. The van der Waals surface area contributed by atoms with Gasteiger partial charge in [0.2, 0.25) is 0 Å². The van der Waals surface area contributed by atoms with E-state index in [4.69, 9.17) is 4.74 Å². The summed E-state index contributed by atoms with van der Waals surface area (Å²) in [6.07, 6.45) is 3.90. The van der Waals surface area contributed by atoms with Gasteiger partial charge in [0.1, 0.15) is 0 Å². The molecule has 1 unspecified atom stereocenters. The van der Waals surface area contributed by atoms with Gasteiger partial charge >= 0.3 is 0 Å². The Hall–Kier alpha value is -0.120. The molecular formula is C12H26N2O. The highest BCUT2D eigenvalue weighted by molar-refractivity contribution is 4.77. The SMILES string of the molecule is CCCNC1CCCN(CCOCC)C1. The molecular weight excluding hydrogens is 188 g/mol. The van der Waals surface area contributed by atoms with Crippen LogP contribution in [0.15, 0.2) is 0 Å². The smallest absolute Gasteiger partial charge is 0.0593 e. The van der Waals surface area contributed by atoms with E-state index in [1.165, 1.54) is 32.4 Å². The molecule has 0 aliphatic carbocycles. The Kier molecular flexibility index (Phi) is 6.98. The molecule has 1 aliphatic rings. The fourth-order valence-corrected chi connectivity index (χ4v) is 2.11. The summed E-state index contributed by atoms with van der Waals surface area (Å²) in [6.45, 7) is 10.7. The molecule has 1 N–H and O–H groups in total. The lowest BCUT2D eigenvalue weighted by atomic mass is 10.1. The summed E-state index contributed by atoms with van der Waals surface area (Å²) in [6, 6.07) is 0.709. The summed E-state index contributed by atoms with van der Waals surface area (Å²) in [4.78, 5) is 2.52. The Labute approximate surface area is 94.2 Å². The molecule has 0 aromatic carbocycles. The average molecular weight is 214 g/mol. The Morgan fingerprint density at radius 2 is 2.27 bits per heavy atom. The van der Waals surface area contributed by atoms with E-state index in [1.54, 1.807) is 0 Å². The molecule has 0 aromatic heterocycles. The first-order chi connectivity index (χ1) is 7.36.